The van der Waals surface area contributed by atoms with Crippen molar-refractivity contribution in [2.45, 2.75) is 19.3 Å². The van der Waals surface area contributed by atoms with Gasteiger partial charge < -0.3 is 0 Å². The lowest BCUT2D eigenvalue weighted by atomic mass is 9.95. The Kier molecular flexibility index (Phi) is 4.32. The van der Waals surface area contributed by atoms with Crippen molar-refractivity contribution in [1.29, 1.82) is 0 Å². The summed E-state index contributed by atoms with van der Waals surface area (Å²) in [4.78, 5) is 12.9. The molecule has 1 fully saturated rings. The first-order valence-electron chi connectivity index (χ1n) is 8.05. The zero-order chi connectivity index (χ0) is 15.6. The molecule has 1 aliphatic heterocycles. The normalized spacial score (nSPS) is 17.2. The van der Waals surface area contributed by atoms with Crippen LogP contribution in [-0.4, -0.2) is 17.3 Å². The molecular weight excluding hydrogens is 320 g/mol. The van der Waals surface area contributed by atoms with E-state index in [0.717, 1.165) is 24.0 Å². The van der Waals surface area contributed by atoms with Crippen LogP contribution in [0.2, 0.25) is 0 Å². The number of carbonyl (C=O) groups excluding carboxylic acids is 1. The van der Waals surface area contributed by atoms with Crippen molar-refractivity contribution in [2.24, 2.45) is 0 Å². The van der Waals surface area contributed by atoms with Crippen LogP contribution in [-0.2, 0) is 6.42 Å². The van der Waals surface area contributed by atoms with E-state index in [2.05, 4.69) is 6.07 Å². The first-order chi connectivity index (χ1) is 11.3. The minimum Gasteiger partial charge on any atom is -0.289 e. The molecule has 0 saturated carbocycles. The SMILES string of the molecule is O=C(c1ccccc1)c1cccc2c1CCC2=C1SCCCS1. The van der Waals surface area contributed by atoms with E-state index in [-0.39, 0.29) is 5.78 Å². The van der Waals surface area contributed by atoms with Crippen molar-refractivity contribution in [3.8, 4) is 0 Å². The highest BCUT2D eigenvalue weighted by Crippen LogP contribution is 2.46. The molecule has 1 heterocycles. The van der Waals surface area contributed by atoms with Gasteiger partial charge in [-0.15, -0.1) is 23.5 Å². The molecule has 4 rings (SSSR count). The second kappa shape index (κ2) is 6.58. The van der Waals surface area contributed by atoms with Crippen LogP contribution in [0.15, 0.2) is 52.8 Å². The van der Waals surface area contributed by atoms with Crippen molar-refractivity contribution in [2.75, 3.05) is 11.5 Å². The lowest BCUT2D eigenvalue weighted by Gasteiger charge is -2.16. The van der Waals surface area contributed by atoms with Crippen LogP contribution in [0.1, 0.15) is 39.9 Å². The minimum atomic E-state index is 0.151. The molecule has 0 amide bonds. The van der Waals surface area contributed by atoms with Gasteiger partial charge in [-0.3, -0.25) is 4.79 Å². The number of ketones is 1. The van der Waals surface area contributed by atoms with Crippen molar-refractivity contribution >= 4 is 34.9 Å². The van der Waals surface area contributed by atoms with Gasteiger partial charge in [-0.2, -0.15) is 0 Å². The second-order valence-electron chi connectivity index (χ2n) is 5.84. The summed E-state index contributed by atoms with van der Waals surface area (Å²) in [5, 5.41) is 0. The van der Waals surface area contributed by atoms with Gasteiger partial charge in [-0.25, -0.2) is 0 Å². The zero-order valence-electron chi connectivity index (χ0n) is 12.9. The Morgan fingerprint density at radius 1 is 0.870 bits per heavy atom. The molecule has 23 heavy (non-hydrogen) atoms. The third-order valence-corrected chi connectivity index (χ3v) is 7.12. The molecule has 3 heteroatoms. The Morgan fingerprint density at radius 2 is 1.65 bits per heavy atom. The van der Waals surface area contributed by atoms with E-state index in [1.807, 2.05) is 66.0 Å². The Balaban J connectivity index is 1.75. The smallest absolute Gasteiger partial charge is 0.193 e. The lowest BCUT2D eigenvalue weighted by Crippen LogP contribution is -2.05. The standard InChI is InChI=1S/C20H18OS2/c21-19(14-6-2-1-3-7-14)17-9-4-8-15-16(17)10-11-18(15)20-22-12-5-13-23-20/h1-4,6-9H,5,10-13H2. The molecule has 1 nitrogen and oxygen atoms in total. The molecule has 0 N–H and O–H groups in total. The van der Waals surface area contributed by atoms with Gasteiger partial charge in [0.1, 0.15) is 0 Å². The molecule has 1 aliphatic carbocycles. The average Bonchev–Trinajstić information content (AvgIpc) is 3.07. The maximum absolute atomic E-state index is 12.9. The molecule has 2 aromatic rings. The number of hydrogen-bond acceptors (Lipinski definition) is 3. The monoisotopic (exact) mass is 338 g/mol. The van der Waals surface area contributed by atoms with Crippen molar-refractivity contribution in [3.63, 3.8) is 0 Å². The molecule has 2 aromatic carbocycles. The average molecular weight is 338 g/mol. The molecule has 0 bridgehead atoms. The van der Waals surface area contributed by atoms with Gasteiger partial charge in [0, 0.05) is 15.4 Å². The molecule has 1 saturated heterocycles. The molecule has 0 radical (unpaired) electrons. The summed E-state index contributed by atoms with van der Waals surface area (Å²) in [7, 11) is 0. The maximum atomic E-state index is 12.9. The fourth-order valence-electron chi connectivity index (χ4n) is 3.30. The predicted molar refractivity (Wildman–Crippen MR) is 101 cm³/mol. The largest absolute Gasteiger partial charge is 0.289 e. The summed E-state index contributed by atoms with van der Waals surface area (Å²) in [6.45, 7) is 0. The van der Waals surface area contributed by atoms with E-state index in [1.165, 1.54) is 38.9 Å². The third-order valence-electron chi connectivity index (χ3n) is 4.41. The predicted octanol–water partition coefficient (Wildman–Crippen LogP) is 5.40. The van der Waals surface area contributed by atoms with Gasteiger partial charge in [0.05, 0.1) is 0 Å². The highest BCUT2D eigenvalue weighted by Gasteiger charge is 2.26. The minimum absolute atomic E-state index is 0.151. The lowest BCUT2D eigenvalue weighted by molar-refractivity contribution is 0.103. The van der Waals surface area contributed by atoms with Crippen LogP contribution < -0.4 is 0 Å². The maximum Gasteiger partial charge on any atom is 0.193 e. The zero-order valence-corrected chi connectivity index (χ0v) is 14.5. The Bertz CT molecular complexity index is 769. The number of thioether (sulfide) groups is 2. The second-order valence-corrected chi connectivity index (χ2v) is 8.31. The number of hydrogen-bond donors (Lipinski definition) is 0. The molecule has 0 unspecified atom stereocenters. The Labute approximate surface area is 145 Å². The van der Waals surface area contributed by atoms with Crippen LogP contribution in [0.5, 0.6) is 0 Å². The Morgan fingerprint density at radius 3 is 2.43 bits per heavy atom. The van der Waals surface area contributed by atoms with E-state index in [0.29, 0.717) is 0 Å². The van der Waals surface area contributed by atoms with Gasteiger partial charge in [0.25, 0.3) is 0 Å². The van der Waals surface area contributed by atoms with Gasteiger partial charge in [-0.1, -0.05) is 48.5 Å². The quantitative estimate of drug-likeness (QED) is 0.682. The van der Waals surface area contributed by atoms with Crippen LogP contribution in [0.25, 0.3) is 5.57 Å². The van der Waals surface area contributed by atoms with Gasteiger partial charge in [0.15, 0.2) is 5.78 Å². The molecule has 0 atom stereocenters. The first-order valence-corrected chi connectivity index (χ1v) is 10.0. The van der Waals surface area contributed by atoms with E-state index >= 15 is 0 Å². The summed E-state index contributed by atoms with van der Waals surface area (Å²) < 4.78 is 1.49. The number of benzene rings is 2. The summed E-state index contributed by atoms with van der Waals surface area (Å²) in [6.07, 6.45) is 3.36. The fraction of sp³-hybridized carbons (Fsp3) is 0.250. The van der Waals surface area contributed by atoms with Crippen LogP contribution >= 0.6 is 23.5 Å². The van der Waals surface area contributed by atoms with Gasteiger partial charge in [0.2, 0.25) is 0 Å². The van der Waals surface area contributed by atoms with Gasteiger partial charge in [-0.05, 0) is 47.5 Å². The van der Waals surface area contributed by atoms with E-state index in [4.69, 9.17) is 0 Å². The summed E-state index contributed by atoms with van der Waals surface area (Å²) >= 11 is 3.98. The molecule has 2 aliphatic rings. The molecule has 0 aromatic heterocycles. The number of carbonyl (C=O) groups is 1. The number of fused-ring (bicyclic) bond motifs is 1. The highest BCUT2D eigenvalue weighted by atomic mass is 32.2. The molecule has 0 spiro atoms. The van der Waals surface area contributed by atoms with Crippen LogP contribution in [0.3, 0.4) is 0 Å². The number of allylic oxidation sites excluding steroid dienone is 1. The van der Waals surface area contributed by atoms with Crippen LogP contribution in [0.4, 0.5) is 0 Å². The van der Waals surface area contributed by atoms with Crippen molar-refractivity contribution < 1.29 is 4.79 Å². The summed E-state index contributed by atoms with van der Waals surface area (Å²) in [5.74, 6) is 2.60. The molecule has 116 valence electrons. The van der Waals surface area contributed by atoms with E-state index < -0.39 is 0 Å². The summed E-state index contributed by atoms with van der Waals surface area (Å²) in [5.41, 5.74) is 5.69. The fourth-order valence-corrected chi connectivity index (χ4v) is 6.03. The summed E-state index contributed by atoms with van der Waals surface area (Å²) in [6, 6.07) is 15.8. The van der Waals surface area contributed by atoms with Crippen molar-refractivity contribution in [3.05, 3.63) is 75.0 Å². The van der Waals surface area contributed by atoms with Crippen LogP contribution in [0, 0.1) is 0 Å². The van der Waals surface area contributed by atoms with E-state index in [9.17, 15) is 4.79 Å². The molecular formula is C20H18OS2. The number of rotatable bonds is 2. The van der Waals surface area contributed by atoms with Gasteiger partial charge >= 0.3 is 0 Å². The van der Waals surface area contributed by atoms with E-state index in [1.54, 1.807) is 0 Å². The highest BCUT2D eigenvalue weighted by molar-refractivity contribution is 8.23. The third kappa shape index (κ3) is 2.88. The topological polar surface area (TPSA) is 17.1 Å². The van der Waals surface area contributed by atoms with Crippen molar-refractivity contribution in [1.82, 2.24) is 0 Å². The Hall–Kier alpha value is -1.45. The first kappa shape index (κ1) is 15.1.